The van der Waals surface area contributed by atoms with Gasteiger partial charge in [-0.3, -0.25) is 0 Å². The Kier molecular flexibility index (Phi) is 9.20. The van der Waals surface area contributed by atoms with Crippen LogP contribution in [0.25, 0.3) is 0 Å². The number of carbonyl (C=O) groups is 1. The van der Waals surface area contributed by atoms with Crippen LogP contribution in [0.3, 0.4) is 0 Å². The lowest BCUT2D eigenvalue weighted by molar-refractivity contribution is -0.137. The highest BCUT2D eigenvalue weighted by Crippen LogP contribution is 2.06. The summed E-state index contributed by atoms with van der Waals surface area (Å²) in [5.41, 5.74) is 0. The van der Waals surface area contributed by atoms with Crippen molar-refractivity contribution in [3.8, 4) is 12.3 Å². The van der Waals surface area contributed by atoms with E-state index in [1.54, 1.807) is 6.92 Å². The van der Waals surface area contributed by atoms with Crippen molar-refractivity contribution in [2.24, 2.45) is 0 Å². The molecule has 0 saturated heterocycles. The average molecular weight is 224 g/mol. The number of ether oxygens (including phenoxy) is 2. The fraction of sp³-hybridized carbons (Fsp3) is 0.615. The lowest BCUT2D eigenvalue weighted by Crippen LogP contribution is -2.07. The third kappa shape index (κ3) is 7.93. The Hall–Kier alpha value is -1.43. The third-order valence-electron chi connectivity index (χ3n) is 1.99. The van der Waals surface area contributed by atoms with Gasteiger partial charge in [0, 0.05) is 0 Å². The normalized spacial score (nSPS) is 12.1. The molecule has 0 aliphatic carbocycles. The Morgan fingerprint density at radius 3 is 2.75 bits per heavy atom. The van der Waals surface area contributed by atoms with Crippen LogP contribution in [0.15, 0.2) is 12.3 Å². The fourth-order valence-corrected chi connectivity index (χ4v) is 1.15. The SMILES string of the molecule is C#CC(CCCCC)O/C=C/C(=O)OCC. The van der Waals surface area contributed by atoms with E-state index in [1.807, 2.05) is 0 Å². The molecule has 3 nitrogen and oxygen atoms in total. The topological polar surface area (TPSA) is 35.5 Å². The van der Waals surface area contributed by atoms with E-state index < -0.39 is 5.97 Å². The summed E-state index contributed by atoms with van der Waals surface area (Å²) in [5, 5.41) is 0. The van der Waals surface area contributed by atoms with Crippen LogP contribution in [0.4, 0.5) is 0 Å². The molecule has 90 valence electrons. The molecule has 0 aliphatic heterocycles. The second-order valence-electron chi connectivity index (χ2n) is 3.34. The zero-order chi connectivity index (χ0) is 12.2. The molecule has 16 heavy (non-hydrogen) atoms. The van der Waals surface area contributed by atoms with Gasteiger partial charge in [-0.05, 0) is 19.8 Å². The predicted octanol–water partition coefficient (Wildman–Crippen LogP) is 2.66. The van der Waals surface area contributed by atoms with Crippen LogP contribution in [0.2, 0.25) is 0 Å². The van der Waals surface area contributed by atoms with Gasteiger partial charge >= 0.3 is 5.97 Å². The number of esters is 1. The molecule has 0 rings (SSSR count). The van der Waals surface area contributed by atoms with Crippen molar-refractivity contribution >= 4 is 5.97 Å². The van der Waals surface area contributed by atoms with Crippen molar-refractivity contribution in [2.45, 2.75) is 45.6 Å². The van der Waals surface area contributed by atoms with Gasteiger partial charge in [0.25, 0.3) is 0 Å². The number of hydrogen-bond donors (Lipinski definition) is 0. The van der Waals surface area contributed by atoms with Gasteiger partial charge in [0.15, 0.2) is 6.10 Å². The molecule has 0 aliphatic rings. The van der Waals surface area contributed by atoms with Crippen LogP contribution in [0, 0.1) is 12.3 Å². The van der Waals surface area contributed by atoms with E-state index in [2.05, 4.69) is 12.8 Å². The zero-order valence-corrected chi connectivity index (χ0v) is 10.1. The van der Waals surface area contributed by atoms with Crippen molar-refractivity contribution < 1.29 is 14.3 Å². The minimum atomic E-state index is -0.410. The van der Waals surface area contributed by atoms with Gasteiger partial charge in [0.05, 0.1) is 18.9 Å². The molecule has 0 fully saturated rings. The summed E-state index contributed by atoms with van der Waals surface area (Å²) in [7, 11) is 0. The van der Waals surface area contributed by atoms with E-state index in [-0.39, 0.29) is 6.10 Å². The van der Waals surface area contributed by atoms with E-state index in [1.165, 1.54) is 12.3 Å². The summed E-state index contributed by atoms with van der Waals surface area (Å²) in [6.07, 6.45) is 11.8. The lowest BCUT2D eigenvalue weighted by Gasteiger charge is -2.09. The van der Waals surface area contributed by atoms with E-state index in [0.717, 1.165) is 25.7 Å². The first-order valence-electron chi connectivity index (χ1n) is 5.69. The highest BCUT2D eigenvalue weighted by atomic mass is 16.5. The molecule has 0 heterocycles. The maximum Gasteiger partial charge on any atom is 0.333 e. The van der Waals surface area contributed by atoms with Crippen LogP contribution in [-0.2, 0) is 14.3 Å². The maximum absolute atomic E-state index is 10.9. The molecule has 3 heteroatoms. The van der Waals surface area contributed by atoms with Crippen LogP contribution < -0.4 is 0 Å². The van der Waals surface area contributed by atoms with Crippen molar-refractivity contribution in [3.05, 3.63) is 12.3 Å². The summed E-state index contributed by atoms with van der Waals surface area (Å²) < 4.78 is 9.94. The minimum Gasteiger partial charge on any atom is -0.485 e. The zero-order valence-electron chi connectivity index (χ0n) is 10.1. The van der Waals surface area contributed by atoms with Crippen molar-refractivity contribution in [1.29, 1.82) is 0 Å². The first-order valence-corrected chi connectivity index (χ1v) is 5.69. The second-order valence-corrected chi connectivity index (χ2v) is 3.34. The Bertz CT molecular complexity index is 250. The summed E-state index contributed by atoms with van der Waals surface area (Å²) in [6.45, 7) is 4.24. The number of terminal acetylenes is 1. The molecule has 0 radical (unpaired) electrons. The maximum atomic E-state index is 10.9. The Morgan fingerprint density at radius 1 is 1.44 bits per heavy atom. The van der Waals surface area contributed by atoms with E-state index >= 15 is 0 Å². The molecule has 0 aromatic carbocycles. The Balaban J connectivity index is 3.78. The molecule has 0 aromatic heterocycles. The monoisotopic (exact) mass is 224 g/mol. The van der Waals surface area contributed by atoms with Gasteiger partial charge in [-0.25, -0.2) is 4.79 Å². The fourth-order valence-electron chi connectivity index (χ4n) is 1.15. The van der Waals surface area contributed by atoms with E-state index in [9.17, 15) is 4.79 Å². The number of carbonyl (C=O) groups excluding carboxylic acids is 1. The largest absolute Gasteiger partial charge is 0.485 e. The van der Waals surface area contributed by atoms with Crippen LogP contribution in [-0.4, -0.2) is 18.7 Å². The molecule has 1 unspecified atom stereocenters. The second kappa shape index (κ2) is 10.1. The summed E-state index contributed by atoms with van der Waals surface area (Å²) >= 11 is 0. The molecule has 0 bridgehead atoms. The molecule has 1 atom stereocenters. The smallest absolute Gasteiger partial charge is 0.333 e. The van der Waals surface area contributed by atoms with Gasteiger partial charge < -0.3 is 9.47 Å². The first-order chi connectivity index (χ1) is 7.74. The summed E-state index contributed by atoms with van der Waals surface area (Å²) in [5.74, 6) is 2.13. The van der Waals surface area contributed by atoms with E-state index in [4.69, 9.17) is 15.9 Å². The number of unbranched alkanes of at least 4 members (excludes halogenated alkanes) is 2. The Morgan fingerprint density at radius 2 is 2.19 bits per heavy atom. The van der Waals surface area contributed by atoms with Gasteiger partial charge in [0.2, 0.25) is 0 Å². The van der Waals surface area contributed by atoms with Gasteiger partial charge in [-0.15, -0.1) is 6.42 Å². The van der Waals surface area contributed by atoms with Crippen molar-refractivity contribution in [2.75, 3.05) is 6.61 Å². The van der Waals surface area contributed by atoms with Gasteiger partial charge in [0.1, 0.15) is 0 Å². The standard InChI is InChI=1S/C13H20O3/c1-4-7-8-9-12(5-2)16-11-10-13(14)15-6-3/h2,10-12H,4,6-9H2,1,3H3/b11-10+. The Labute approximate surface area is 97.8 Å². The molecule has 0 aromatic rings. The van der Waals surface area contributed by atoms with Crippen LogP contribution in [0.1, 0.15) is 39.5 Å². The molecule has 0 spiro atoms. The van der Waals surface area contributed by atoms with Crippen LogP contribution >= 0.6 is 0 Å². The molecular weight excluding hydrogens is 204 g/mol. The summed E-state index contributed by atoms with van der Waals surface area (Å²) in [4.78, 5) is 10.9. The predicted molar refractivity (Wildman–Crippen MR) is 63.6 cm³/mol. The van der Waals surface area contributed by atoms with Gasteiger partial charge in [-0.2, -0.15) is 0 Å². The van der Waals surface area contributed by atoms with Gasteiger partial charge in [-0.1, -0.05) is 25.7 Å². The average Bonchev–Trinajstić information content (AvgIpc) is 2.27. The quantitative estimate of drug-likeness (QED) is 0.209. The molecule has 0 N–H and O–H groups in total. The van der Waals surface area contributed by atoms with E-state index in [0.29, 0.717) is 6.61 Å². The molecular formula is C13H20O3. The highest BCUT2D eigenvalue weighted by Gasteiger charge is 2.03. The number of hydrogen-bond acceptors (Lipinski definition) is 3. The summed E-state index contributed by atoms with van der Waals surface area (Å²) in [6, 6.07) is 0. The first kappa shape index (κ1) is 14.6. The lowest BCUT2D eigenvalue weighted by atomic mass is 10.1. The number of rotatable bonds is 8. The minimum absolute atomic E-state index is 0.253. The van der Waals surface area contributed by atoms with Crippen LogP contribution in [0.5, 0.6) is 0 Å². The third-order valence-corrected chi connectivity index (χ3v) is 1.99. The van der Waals surface area contributed by atoms with Crippen molar-refractivity contribution in [3.63, 3.8) is 0 Å². The van der Waals surface area contributed by atoms with Crippen molar-refractivity contribution in [1.82, 2.24) is 0 Å². The molecule has 0 saturated carbocycles. The highest BCUT2D eigenvalue weighted by molar-refractivity contribution is 5.81. The molecule has 0 amide bonds.